The first-order valence-electron chi connectivity index (χ1n) is 13.3. The molecule has 3 heterocycles. The molecule has 1 N–H and O–H groups in total. The Hall–Kier alpha value is -4.18. The average molecular weight is 565 g/mol. The number of halogens is 4. The van der Waals surface area contributed by atoms with E-state index in [2.05, 4.69) is 20.3 Å². The van der Waals surface area contributed by atoms with Gasteiger partial charge in [0.1, 0.15) is 17.5 Å². The Morgan fingerprint density at radius 1 is 0.976 bits per heavy atom. The van der Waals surface area contributed by atoms with E-state index in [1.54, 1.807) is 30.3 Å². The minimum Gasteiger partial charge on any atom is -0.381 e. The number of anilines is 1. The second kappa shape index (κ2) is 12.1. The third-order valence-corrected chi connectivity index (χ3v) is 7.16. The van der Waals surface area contributed by atoms with Crippen LogP contribution in [0.4, 0.5) is 23.2 Å². The summed E-state index contributed by atoms with van der Waals surface area (Å²) in [6.45, 7) is 4.05. The van der Waals surface area contributed by atoms with Crippen LogP contribution in [-0.2, 0) is 4.74 Å². The molecule has 0 spiro atoms. The zero-order valence-electron chi connectivity index (χ0n) is 22.5. The molecule has 1 fully saturated rings. The van der Waals surface area contributed by atoms with Gasteiger partial charge < -0.3 is 10.1 Å². The van der Waals surface area contributed by atoms with Gasteiger partial charge >= 0.3 is 0 Å². The maximum Gasteiger partial charge on any atom is 0.258 e. The van der Waals surface area contributed by atoms with Crippen molar-refractivity contribution in [1.82, 2.24) is 15.0 Å². The number of hydrogen-bond donors (Lipinski definition) is 1. The SMILES string of the molecule is CC(C)c1ncc(C(=O)Nc2ccc(-c3c(-c4cc(F)ccc4F)ccnc3C3CCOCC3C(F)F)cc2)cn1. The van der Waals surface area contributed by atoms with Crippen molar-refractivity contribution in [2.45, 2.75) is 38.5 Å². The van der Waals surface area contributed by atoms with Crippen LogP contribution in [0, 0.1) is 17.6 Å². The van der Waals surface area contributed by atoms with Crippen molar-refractivity contribution < 1.29 is 27.1 Å². The van der Waals surface area contributed by atoms with Crippen molar-refractivity contribution in [3.8, 4) is 22.3 Å². The van der Waals surface area contributed by atoms with E-state index >= 15 is 0 Å². The molecule has 2 aromatic heterocycles. The fourth-order valence-corrected chi connectivity index (χ4v) is 5.02. The molecule has 1 aliphatic heterocycles. The summed E-state index contributed by atoms with van der Waals surface area (Å²) >= 11 is 0. The van der Waals surface area contributed by atoms with Crippen molar-refractivity contribution in [1.29, 1.82) is 0 Å². The highest BCUT2D eigenvalue weighted by Gasteiger charge is 2.37. The molecule has 2 atom stereocenters. The first-order valence-corrected chi connectivity index (χ1v) is 13.3. The molecule has 2 aromatic carbocycles. The van der Waals surface area contributed by atoms with Gasteiger partial charge in [0, 0.05) is 53.8 Å². The molecule has 10 heteroatoms. The number of carbonyl (C=O) groups excluding carboxylic acids is 1. The third-order valence-electron chi connectivity index (χ3n) is 7.16. The van der Waals surface area contributed by atoms with Crippen LogP contribution < -0.4 is 5.32 Å². The first-order chi connectivity index (χ1) is 19.7. The Morgan fingerprint density at radius 3 is 2.39 bits per heavy atom. The summed E-state index contributed by atoms with van der Waals surface area (Å²) < 4.78 is 62.6. The van der Waals surface area contributed by atoms with E-state index in [1.807, 2.05) is 13.8 Å². The number of ether oxygens (including phenoxy) is 1. The molecule has 212 valence electrons. The molecule has 6 nitrogen and oxygen atoms in total. The predicted octanol–water partition coefficient (Wildman–Crippen LogP) is 7.24. The van der Waals surface area contributed by atoms with Crippen LogP contribution in [-0.4, -0.2) is 40.5 Å². The number of benzene rings is 2. The number of hydrogen-bond acceptors (Lipinski definition) is 5. The lowest BCUT2D eigenvalue weighted by Gasteiger charge is -2.32. The van der Waals surface area contributed by atoms with Crippen LogP contribution >= 0.6 is 0 Å². The van der Waals surface area contributed by atoms with E-state index in [0.717, 1.165) is 18.2 Å². The van der Waals surface area contributed by atoms with Gasteiger partial charge in [-0.1, -0.05) is 26.0 Å². The molecule has 41 heavy (non-hydrogen) atoms. The molecule has 2 unspecified atom stereocenters. The molecular formula is C31H28F4N4O2. The summed E-state index contributed by atoms with van der Waals surface area (Å²) in [5.41, 5.74) is 2.40. The monoisotopic (exact) mass is 564 g/mol. The van der Waals surface area contributed by atoms with E-state index < -0.39 is 35.8 Å². The van der Waals surface area contributed by atoms with Crippen LogP contribution in [0.2, 0.25) is 0 Å². The normalized spacial score (nSPS) is 17.2. The van der Waals surface area contributed by atoms with Crippen LogP contribution in [0.5, 0.6) is 0 Å². The topological polar surface area (TPSA) is 77.0 Å². The van der Waals surface area contributed by atoms with Crippen LogP contribution in [0.1, 0.15) is 54.0 Å². The van der Waals surface area contributed by atoms with Gasteiger partial charge in [0.2, 0.25) is 6.43 Å². The quantitative estimate of drug-likeness (QED) is 0.240. The van der Waals surface area contributed by atoms with Crippen LogP contribution in [0.15, 0.2) is 67.1 Å². The van der Waals surface area contributed by atoms with Crippen molar-refractivity contribution in [2.75, 3.05) is 18.5 Å². The van der Waals surface area contributed by atoms with Crippen molar-refractivity contribution >= 4 is 11.6 Å². The number of aromatic nitrogens is 3. The van der Waals surface area contributed by atoms with E-state index in [4.69, 9.17) is 4.74 Å². The zero-order valence-corrected chi connectivity index (χ0v) is 22.5. The zero-order chi connectivity index (χ0) is 29.1. The number of alkyl halides is 2. The van der Waals surface area contributed by atoms with Gasteiger partial charge in [-0.2, -0.15) is 0 Å². The third kappa shape index (κ3) is 6.12. The van der Waals surface area contributed by atoms with Gasteiger partial charge in [-0.25, -0.2) is 27.5 Å². The van der Waals surface area contributed by atoms with Gasteiger partial charge in [0.15, 0.2) is 0 Å². The molecule has 1 amide bonds. The lowest BCUT2D eigenvalue weighted by molar-refractivity contribution is -0.0385. The van der Waals surface area contributed by atoms with Crippen molar-refractivity contribution in [2.24, 2.45) is 5.92 Å². The average Bonchev–Trinajstić information content (AvgIpc) is 2.98. The predicted molar refractivity (Wildman–Crippen MR) is 147 cm³/mol. The molecule has 5 rings (SSSR count). The summed E-state index contributed by atoms with van der Waals surface area (Å²) in [4.78, 5) is 25.7. The van der Waals surface area contributed by atoms with E-state index in [1.165, 1.54) is 18.6 Å². The minimum absolute atomic E-state index is 0.00784. The first kappa shape index (κ1) is 28.4. The highest BCUT2D eigenvalue weighted by Crippen LogP contribution is 2.44. The van der Waals surface area contributed by atoms with Crippen molar-refractivity contribution in [3.63, 3.8) is 0 Å². The van der Waals surface area contributed by atoms with Gasteiger partial charge in [-0.05, 0) is 53.9 Å². The molecular weight excluding hydrogens is 536 g/mol. The van der Waals surface area contributed by atoms with E-state index in [9.17, 15) is 22.4 Å². The number of amides is 1. The minimum atomic E-state index is -2.65. The van der Waals surface area contributed by atoms with Crippen LogP contribution in [0.25, 0.3) is 22.3 Å². The molecule has 1 saturated heterocycles. The molecule has 0 radical (unpaired) electrons. The van der Waals surface area contributed by atoms with Gasteiger partial charge in [-0.3, -0.25) is 9.78 Å². The number of nitrogens with one attached hydrogen (secondary N) is 1. The van der Waals surface area contributed by atoms with Crippen molar-refractivity contribution in [3.05, 3.63) is 95.8 Å². The molecule has 1 aliphatic rings. The Labute approximate surface area is 234 Å². The number of nitrogens with zero attached hydrogens (tertiary/aromatic N) is 3. The van der Waals surface area contributed by atoms with Crippen LogP contribution in [0.3, 0.4) is 0 Å². The lowest BCUT2D eigenvalue weighted by Crippen LogP contribution is -2.32. The molecule has 0 saturated carbocycles. The maximum atomic E-state index is 15.0. The summed E-state index contributed by atoms with van der Waals surface area (Å²) in [5, 5.41) is 2.79. The Balaban J connectivity index is 1.54. The Bertz CT molecular complexity index is 1530. The number of pyridine rings is 1. The summed E-state index contributed by atoms with van der Waals surface area (Å²) in [6, 6.07) is 11.3. The summed E-state index contributed by atoms with van der Waals surface area (Å²) in [6.07, 6.45) is 2.00. The smallest absolute Gasteiger partial charge is 0.258 e. The van der Waals surface area contributed by atoms with Gasteiger partial charge in [0.05, 0.1) is 23.8 Å². The molecule has 0 aliphatic carbocycles. The fourth-order valence-electron chi connectivity index (χ4n) is 5.02. The Kier molecular flexibility index (Phi) is 8.39. The van der Waals surface area contributed by atoms with Gasteiger partial charge in [-0.15, -0.1) is 0 Å². The molecule has 4 aromatic rings. The Morgan fingerprint density at radius 2 is 1.71 bits per heavy atom. The highest BCUT2D eigenvalue weighted by molar-refractivity contribution is 6.04. The summed E-state index contributed by atoms with van der Waals surface area (Å²) in [7, 11) is 0. The summed E-state index contributed by atoms with van der Waals surface area (Å²) in [5.74, 6) is -2.71. The van der Waals surface area contributed by atoms with Gasteiger partial charge in [0.25, 0.3) is 5.91 Å². The number of carbonyl (C=O) groups is 1. The standard InChI is InChI=1S/C31H28F4N4O2/c1-17(2)30-37-14-19(15-38-30)31(40)39-21-6-3-18(4-7-21)27-22(24-13-20(32)5-8-26(24)33)9-11-36-28(27)23-10-12-41-16-25(23)29(34)35/h3-9,11,13-15,17,23,25,29H,10,12,16H2,1-2H3,(H,39,40). The molecule has 0 bridgehead atoms. The van der Waals surface area contributed by atoms with E-state index in [0.29, 0.717) is 40.3 Å². The second-order valence-corrected chi connectivity index (χ2v) is 10.2. The largest absolute Gasteiger partial charge is 0.381 e. The maximum absolute atomic E-state index is 15.0. The second-order valence-electron chi connectivity index (χ2n) is 10.2. The highest BCUT2D eigenvalue weighted by atomic mass is 19.3. The lowest BCUT2D eigenvalue weighted by atomic mass is 9.80. The van der Waals surface area contributed by atoms with E-state index in [-0.39, 0.29) is 30.3 Å². The number of rotatable bonds is 7. The fraction of sp³-hybridized carbons (Fsp3) is 0.290.